The largest absolute Gasteiger partial charge is 0.493 e. The number of hydrogen-bond donors (Lipinski definition) is 2. The van der Waals surface area contributed by atoms with E-state index in [0.29, 0.717) is 28.7 Å². The van der Waals surface area contributed by atoms with Crippen molar-refractivity contribution in [3.63, 3.8) is 0 Å². The molecule has 0 aliphatic rings. The highest BCUT2D eigenvalue weighted by molar-refractivity contribution is 7.98. The number of hydrogen-bond acceptors (Lipinski definition) is 7. The minimum atomic E-state index is -0.291. The highest BCUT2D eigenvalue weighted by Crippen LogP contribution is 2.31. The number of nitrogens with zero attached hydrogens (tertiary/aromatic N) is 4. The monoisotopic (exact) mass is 452 g/mol. The summed E-state index contributed by atoms with van der Waals surface area (Å²) >= 11 is 1.71. The fourth-order valence-electron chi connectivity index (χ4n) is 3.42. The molecule has 0 aliphatic carbocycles. The van der Waals surface area contributed by atoms with Crippen molar-refractivity contribution >= 4 is 23.3 Å². The number of methoxy groups -OCH3 is 2. The van der Waals surface area contributed by atoms with Crippen LogP contribution in [-0.4, -0.2) is 56.9 Å². The van der Waals surface area contributed by atoms with Crippen molar-refractivity contribution < 1.29 is 14.3 Å². The summed E-state index contributed by atoms with van der Waals surface area (Å²) in [5.41, 5.74) is 2.53. The number of nitrogens with one attached hydrogen (secondary N) is 2. The first kappa shape index (κ1) is 21.7. The summed E-state index contributed by atoms with van der Waals surface area (Å²) in [5.74, 6) is 2.52. The van der Waals surface area contributed by atoms with Crippen LogP contribution in [0.2, 0.25) is 0 Å². The molecule has 0 aliphatic heterocycles. The zero-order chi connectivity index (χ0) is 22.5. The topological polar surface area (TPSA) is 106 Å². The van der Waals surface area contributed by atoms with Gasteiger partial charge in [-0.05, 0) is 54.8 Å². The molecule has 0 radical (unpaired) electrons. The third-order valence-corrected chi connectivity index (χ3v) is 5.71. The van der Waals surface area contributed by atoms with Gasteiger partial charge in [0.25, 0.3) is 5.91 Å². The van der Waals surface area contributed by atoms with Crippen molar-refractivity contribution in [3.05, 3.63) is 60.2 Å². The van der Waals surface area contributed by atoms with Gasteiger partial charge in [0.05, 0.1) is 26.0 Å². The van der Waals surface area contributed by atoms with E-state index >= 15 is 0 Å². The third-order valence-electron chi connectivity index (χ3n) is 5.07. The SMILES string of the molecule is COc1ccc(-c2cc(C(=O)NC(CCSC)c3nnc4ccccn34)[nH]n2)cc1OC. The number of H-pyrrole nitrogens is 1. The number of carbonyl (C=O) groups is 1. The van der Waals surface area contributed by atoms with Crippen molar-refractivity contribution in [1.29, 1.82) is 0 Å². The van der Waals surface area contributed by atoms with Crippen LogP contribution in [0.1, 0.15) is 28.8 Å². The molecule has 3 heterocycles. The highest BCUT2D eigenvalue weighted by Gasteiger charge is 2.22. The van der Waals surface area contributed by atoms with Gasteiger partial charge in [-0.3, -0.25) is 14.3 Å². The van der Waals surface area contributed by atoms with E-state index in [1.165, 1.54) is 0 Å². The summed E-state index contributed by atoms with van der Waals surface area (Å²) in [7, 11) is 3.16. The number of pyridine rings is 1. The molecule has 1 unspecified atom stereocenters. The fourth-order valence-corrected chi connectivity index (χ4v) is 3.89. The highest BCUT2D eigenvalue weighted by atomic mass is 32.2. The van der Waals surface area contributed by atoms with E-state index in [9.17, 15) is 4.79 Å². The first-order valence-corrected chi connectivity index (χ1v) is 11.4. The van der Waals surface area contributed by atoms with Crippen molar-refractivity contribution in [2.45, 2.75) is 12.5 Å². The van der Waals surface area contributed by atoms with E-state index in [2.05, 4.69) is 25.7 Å². The average molecular weight is 453 g/mol. The number of carbonyl (C=O) groups excluding carboxylic acids is 1. The lowest BCUT2D eigenvalue weighted by atomic mass is 10.1. The van der Waals surface area contributed by atoms with Crippen molar-refractivity contribution in [2.75, 3.05) is 26.2 Å². The number of rotatable bonds is 9. The van der Waals surface area contributed by atoms with Crippen LogP contribution in [-0.2, 0) is 0 Å². The Hall–Kier alpha value is -3.53. The summed E-state index contributed by atoms with van der Waals surface area (Å²) in [4.78, 5) is 13.0. The zero-order valence-corrected chi connectivity index (χ0v) is 18.8. The lowest BCUT2D eigenvalue weighted by Crippen LogP contribution is -2.30. The van der Waals surface area contributed by atoms with E-state index in [1.54, 1.807) is 38.1 Å². The Bertz CT molecular complexity index is 1220. The normalized spacial score (nSPS) is 12.0. The predicted molar refractivity (Wildman–Crippen MR) is 123 cm³/mol. The smallest absolute Gasteiger partial charge is 0.269 e. The molecule has 4 aromatic rings. The molecule has 0 saturated heterocycles. The molecule has 9 nitrogen and oxygen atoms in total. The summed E-state index contributed by atoms with van der Waals surface area (Å²) in [6.07, 6.45) is 4.65. The fraction of sp³-hybridized carbons (Fsp3) is 0.273. The average Bonchev–Trinajstić information content (AvgIpc) is 3.49. The number of benzene rings is 1. The van der Waals surface area contributed by atoms with Gasteiger partial charge in [-0.1, -0.05) is 6.07 Å². The third kappa shape index (κ3) is 4.40. The first-order chi connectivity index (χ1) is 15.6. The van der Waals surface area contributed by atoms with Gasteiger partial charge in [-0.2, -0.15) is 16.9 Å². The van der Waals surface area contributed by atoms with E-state index in [-0.39, 0.29) is 11.9 Å². The molecule has 0 bridgehead atoms. The molecular formula is C22H24N6O3S. The van der Waals surface area contributed by atoms with Crippen LogP contribution in [0.3, 0.4) is 0 Å². The quantitative estimate of drug-likeness (QED) is 0.401. The Morgan fingerprint density at radius 3 is 2.78 bits per heavy atom. The van der Waals surface area contributed by atoms with Gasteiger partial charge in [0.1, 0.15) is 5.69 Å². The molecule has 10 heteroatoms. The van der Waals surface area contributed by atoms with E-state index < -0.39 is 0 Å². The number of thioether (sulfide) groups is 1. The molecule has 32 heavy (non-hydrogen) atoms. The van der Waals surface area contributed by atoms with Crippen LogP contribution in [0.5, 0.6) is 11.5 Å². The number of fused-ring (bicyclic) bond motifs is 1. The van der Waals surface area contributed by atoms with Gasteiger partial charge in [0, 0.05) is 11.8 Å². The molecule has 2 N–H and O–H groups in total. The number of aromatic nitrogens is 5. The predicted octanol–water partition coefficient (Wildman–Crippen LogP) is 3.36. The molecule has 3 aromatic heterocycles. The van der Waals surface area contributed by atoms with Crippen molar-refractivity contribution in [2.24, 2.45) is 0 Å². The Morgan fingerprint density at radius 1 is 1.16 bits per heavy atom. The van der Waals surface area contributed by atoms with Crippen LogP contribution < -0.4 is 14.8 Å². The van der Waals surface area contributed by atoms with Crippen LogP contribution >= 0.6 is 11.8 Å². The van der Waals surface area contributed by atoms with E-state index in [4.69, 9.17) is 9.47 Å². The van der Waals surface area contributed by atoms with Crippen LogP contribution in [0.4, 0.5) is 0 Å². The molecule has 166 valence electrons. The standard InChI is InChI=1S/C22H24N6O3S/c1-30-18-8-7-14(12-19(18)31-2)16-13-17(25-24-16)22(29)23-15(9-11-32-3)21-27-26-20-6-4-5-10-28(20)21/h4-8,10,12-13,15H,9,11H2,1-3H3,(H,23,29)(H,24,25). The molecule has 1 aromatic carbocycles. The maximum Gasteiger partial charge on any atom is 0.269 e. The van der Waals surface area contributed by atoms with Gasteiger partial charge >= 0.3 is 0 Å². The zero-order valence-electron chi connectivity index (χ0n) is 18.0. The second kappa shape index (κ2) is 9.73. The number of aromatic amines is 1. The van der Waals surface area contributed by atoms with Crippen LogP contribution in [0.15, 0.2) is 48.7 Å². The van der Waals surface area contributed by atoms with Crippen LogP contribution in [0, 0.1) is 0 Å². The Morgan fingerprint density at radius 2 is 2.00 bits per heavy atom. The van der Waals surface area contributed by atoms with Gasteiger partial charge in [0.15, 0.2) is 23.0 Å². The first-order valence-electron chi connectivity index (χ1n) is 10.0. The summed E-state index contributed by atoms with van der Waals surface area (Å²) in [5, 5.41) is 18.7. The molecule has 1 atom stereocenters. The molecule has 0 spiro atoms. The molecule has 0 saturated carbocycles. The van der Waals surface area contributed by atoms with Crippen molar-refractivity contribution in [1.82, 2.24) is 30.1 Å². The lowest BCUT2D eigenvalue weighted by Gasteiger charge is -2.16. The Labute approximate surface area is 189 Å². The molecular weight excluding hydrogens is 428 g/mol. The second-order valence-electron chi connectivity index (χ2n) is 7.03. The van der Waals surface area contributed by atoms with E-state index in [0.717, 1.165) is 23.4 Å². The second-order valence-corrected chi connectivity index (χ2v) is 8.02. The van der Waals surface area contributed by atoms with Crippen molar-refractivity contribution in [3.8, 4) is 22.8 Å². The molecule has 0 fully saturated rings. The lowest BCUT2D eigenvalue weighted by molar-refractivity contribution is 0.0928. The summed E-state index contributed by atoms with van der Waals surface area (Å²) in [6, 6.07) is 12.6. The maximum absolute atomic E-state index is 13.0. The Balaban J connectivity index is 1.56. The van der Waals surface area contributed by atoms with Gasteiger partial charge in [-0.25, -0.2) is 0 Å². The number of amides is 1. The van der Waals surface area contributed by atoms with Gasteiger partial charge < -0.3 is 14.8 Å². The number of ether oxygens (including phenoxy) is 2. The molecule has 1 amide bonds. The Kier molecular flexibility index (Phi) is 6.60. The van der Waals surface area contributed by atoms with Crippen LogP contribution in [0.25, 0.3) is 16.9 Å². The molecule has 4 rings (SSSR count). The van der Waals surface area contributed by atoms with Gasteiger partial charge in [-0.15, -0.1) is 10.2 Å². The summed E-state index contributed by atoms with van der Waals surface area (Å²) < 4.78 is 12.5. The van der Waals surface area contributed by atoms with Gasteiger partial charge in [0.2, 0.25) is 0 Å². The minimum absolute atomic E-state index is 0.261. The summed E-state index contributed by atoms with van der Waals surface area (Å²) in [6.45, 7) is 0. The van der Waals surface area contributed by atoms with E-state index in [1.807, 2.05) is 47.2 Å². The maximum atomic E-state index is 13.0. The minimum Gasteiger partial charge on any atom is -0.493 e.